The number of halogens is 1. The second-order valence-corrected chi connectivity index (χ2v) is 5.38. The Bertz CT molecular complexity index is 399. The Morgan fingerprint density at radius 3 is 2.65 bits per heavy atom. The molecule has 0 aliphatic rings. The molecule has 0 aliphatic heterocycles. The summed E-state index contributed by atoms with van der Waals surface area (Å²) >= 11 is 3.49. The van der Waals surface area contributed by atoms with Crippen LogP contribution in [0.15, 0.2) is 34.8 Å². The summed E-state index contributed by atoms with van der Waals surface area (Å²) in [6.45, 7) is 12.0. The minimum Gasteiger partial charge on any atom is -0.368 e. The van der Waals surface area contributed by atoms with Crippen LogP contribution in [-0.2, 0) is 0 Å². The number of nitrogens with two attached hydrogens (primary N) is 1. The van der Waals surface area contributed by atoms with Crippen molar-refractivity contribution in [2.45, 2.75) is 26.8 Å². The van der Waals surface area contributed by atoms with Crippen molar-refractivity contribution >= 4 is 21.6 Å². The Kier molecular flexibility index (Phi) is 5.22. The van der Waals surface area contributed by atoms with Crippen LogP contribution in [-0.4, -0.2) is 13.1 Å². The molecule has 0 spiro atoms. The summed E-state index contributed by atoms with van der Waals surface area (Å²) in [7, 11) is 0. The number of likely N-dealkylation sites (N-methyl/N-ethyl adjacent to an activating group) is 1. The number of hydrogen-bond acceptors (Lipinski definition) is 2. The maximum absolute atomic E-state index is 6.04. The van der Waals surface area contributed by atoms with Crippen LogP contribution in [0.4, 0.5) is 5.69 Å². The van der Waals surface area contributed by atoms with E-state index in [1.807, 2.05) is 13.8 Å². The highest BCUT2D eigenvalue weighted by molar-refractivity contribution is 9.10. The van der Waals surface area contributed by atoms with Crippen LogP contribution < -0.4 is 10.6 Å². The van der Waals surface area contributed by atoms with Crippen LogP contribution in [0.3, 0.4) is 0 Å². The molecule has 0 heterocycles. The second-order valence-electron chi connectivity index (χ2n) is 4.46. The molecule has 3 heteroatoms. The number of anilines is 1. The van der Waals surface area contributed by atoms with E-state index in [0.29, 0.717) is 0 Å². The van der Waals surface area contributed by atoms with Crippen LogP contribution in [0, 0.1) is 0 Å². The van der Waals surface area contributed by atoms with Gasteiger partial charge in [0.2, 0.25) is 0 Å². The minimum absolute atomic E-state index is 0.0293. The van der Waals surface area contributed by atoms with Gasteiger partial charge in [-0.15, -0.1) is 0 Å². The van der Waals surface area contributed by atoms with Crippen LogP contribution in [0.5, 0.6) is 0 Å². The fraction of sp³-hybridized carbons (Fsp3) is 0.429. The minimum atomic E-state index is 0.0293. The average molecular weight is 297 g/mol. The molecule has 0 radical (unpaired) electrons. The van der Waals surface area contributed by atoms with E-state index in [2.05, 4.69) is 52.5 Å². The van der Waals surface area contributed by atoms with E-state index in [1.165, 1.54) is 11.3 Å². The van der Waals surface area contributed by atoms with Crippen LogP contribution in [0.2, 0.25) is 0 Å². The largest absolute Gasteiger partial charge is 0.368 e. The summed E-state index contributed by atoms with van der Waals surface area (Å²) in [5.74, 6) is 0. The third-order valence-corrected chi connectivity index (χ3v) is 3.16. The van der Waals surface area contributed by atoms with Crippen molar-refractivity contribution < 1.29 is 0 Å². The first kappa shape index (κ1) is 14.3. The molecule has 1 aromatic rings. The molecule has 1 atom stereocenters. The van der Waals surface area contributed by atoms with E-state index in [0.717, 1.165) is 23.1 Å². The SMILES string of the molecule is C=C(C)CN(CC)c1ccc(Br)cc1C(C)N. The molecule has 2 nitrogen and oxygen atoms in total. The summed E-state index contributed by atoms with van der Waals surface area (Å²) in [6.07, 6.45) is 0. The average Bonchev–Trinajstić information content (AvgIpc) is 2.25. The topological polar surface area (TPSA) is 29.3 Å². The van der Waals surface area contributed by atoms with Gasteiger partial charge in [-0.3, -0.25) is 0 Å². The maximum Gasteiger partial charge on any atom is 0.0418 e. The first-order valence-electron chi connectivity index (χ1n) is 5.90. The van der Waals surface area contributed by atoms with E-state index in [1.54, 1.807) is 0 Å². The van der Waals surface area contributed by atoms with Gasteiger partial charge in [0, 0.05) is 29.3 Å². The van der Waals surface area contributed by atoms with E-state index in [4.69, 9.17) is 5.73 Å². The predicted molar refractivity (Wildman–Crippen MR) is 79.4 cm³/mol. The lowest BCUT2D eigenvalue weighted by molar-refractivity contribution is 0.793. The van der Waals surface area contributed by atoms with Gasteiger partial charge >= 0.3 is 0 Å². The van der Waals surface area contributed by atoms with Crippen molar-refractivity contribution in [3.63, 3.8) is 0 Å². The monoisotopic (exact) mass is 296 g/mol. The summed E-state index contributed by atoms with van der Waals surface area (Å²) in [5.41, 5.74) is 9.57. The van der Waals surface area contributed by atoms with Gasteiger partial charge in [0.15, 0.2) is 0 Å². The summed E-state index contributed by atoms with van der Waals surface area (Å²) in [4.78, 5) is 2.30. The van der Waals surface area contributed by atoms with Gasteiger partial charge in [-0.1, -0.05) is 28.1 Å². The number of hydrogen-bond donors (Lipinski definition) is 1. The molecule has 0 saturated carbocycles. The maximum atomic E-state index is 6.04. The molecule has 1 rings (SSSR count). The molecule has 17 heavy (non-hydrogen) atoms. The smallest absolute Gasteiger partial charge is 0.0418 e. The highest BCUT2D eigenvalue weighted by Crippen LogP contribution is 2.28. The molecular weight excluding hydrogens is 276 g/mol. The van der Waals surface area contributed by atoms with Gasteiger partial charge in [-0.2, -0.15) is 0 Å². The predicted octanol–water partition coefficient (Wildman–Crippen LogP) is 3.87. The third kappa shape index (κ3) is 3.86. The Labute approximate surface area is 113 Å². The number of rotatable bonds is 5. The van der Waals surface area contributed by atoms with Gasteiger partial charge in [0.05, 0.1) is 0 Å². The fourth-order valence-electron chi connectivity index (χ4n) is 1.87. The first-order valence-corrected chi connectivity index (χ1v) is 6.69. The first-order chi connectivity index (χ1) is 7.95. The highest BCUT2D eigenvalue weighted by atomic mass is 79.9. The van der Waals surface area contributed by atoms with Crippen molar-refractivity contribution in [1.29, 1.82) is 0 Å². The summed E-state index contributed by atoms with van der Waals surface area (Å²) in [6, 6.07) is 6.31. The van der Waals surface area contributed by atoms with Crippen molar-refractivity contribution in [3.05, 3.63) is 40.4 Å². The highest BCUT2D eigenvalue weighted by Gasteiger charge is 2.13. The fourth-order valence-corrected chi connectivity index (χ4v) is 2.25. The van der Waals surface area contributed by atoms with Crippen LogP contribution in [0.25, 0.3) is 0 Å². The Morgan fingerprint density at radius 1 is 1.53 bits per heavy atom. The number of benzene rings is 1. The molecule has 0 fully saturated rings. The Morgan fingerprint density at radius 2 is 2.18 bits per heavy atom. The molecule has 0 aliphatic carbocycles. The van der Waals surface area contributed by atoms with E-state index >= 15 is 0 Å². The molecule has 1 unspecified atom stereocenters. The van der Waals surface area contributed by atoms with Gasteiger partial charge in [-0.05, 0) is 44.5 Å². The zero-order valence-electron chi connectivity index (χ0n) is 10.8. The standard InChI is InChI=1S/C14H21BrN2/c1-5-17(9-10(2)3)14-7-6-12(15)8-13(14)11(4)16/h6-8,11H,2,5,9,16H2,1,3-4H3. The van der Waals surface area contributed by atoms with Crippen LogP contribution in [0.1, 0.15) is 32.4 Å². The summed E-state index contributed by atoms with van der Waals surface area (Å²) < 4.78 is 1.07. The van der Waals surface area contributed by atoms with Crippen molar-refractivity contribution in [1.82, 2.24) is 0 Å². The quantitative estimate of drug-likeness (QED) is 0.836. The van der Waals surface area contributed by atoms with Gasteiger partial charge < -0.3 is 10.6 Å². The van der Waals surface area contributed by atoms with Crippen molar-refractivity contribution in [2.24, 2.45) is 5.73 Å². The normalized spacial score (nSPS) is 12.3. The number of nitrogens with zero attached hydrogens (tertiary/aromatic N) is 1. The Hall–Kier alpha value is -0.800. The molecule has 0 aromatic heterocycles. The molecular formula is C14H21BrN2. The third-order valence-electron chi connectivity index (χ3n) is 2.66. The lowest BCUT2D eigenvalue weighted by Crippen LogP contribution is -2.26. The summed E-state index contributed by atoms with van der Waals surface area (Å²) in [5, 5.41) is 0. The molecule has 0 amide bonds. The zero-order chi connectivity index (χ0) is 13.0. The zero-order valence-corrected chi connectivity index (χ0v) is 12.4. The molecule has 0 bridgehead atoms. The second kappa shape index (κ2) is 6.22. The lowest BCUT2D eigenvalue weighted by Gasteiger charge is -2.27. The van der Waals surface area contributed by atoms with Gasteiger partial charge in [0.25, 0.3) is 0 Å². The lowest BCUT2D eigenvalue weighted by atomic mass is 10.1. The van der Waals surface area contributed by atoms with E-state index < -0.39 is 0 Å². The van der Waals surface area contributed by atoms with Gasteiger partial charge in [0.1, 0.15) is 0 Å². The van der Waals surface area contributed by atoms with Gasteiger partial charge in [-0.25, -0.2) is 0 Å². The molecule has 1 aromatic carbocycles. The molecule has 0 saturated heterocycles. The van der Waals surface area contributed by atoms with Crippen LogP contribution >= 0.6 is 15.9 Å². The Balaban J connectivity index is 3.13. The van der Waals surface area contributed by atoms with Crippen molar-refractivity contribution in [3.8, 4) is 0 Å². The van der Waals surface area contributed by atoms with E-state index in [-0.39, 0.29) is 6.04 Å². The molecule has 94 valence electrons. The van der Waals surface area contributed by atoms with Crippen molar-refractivity contribution in [2.75, 3.05) is 18.0 Å². The van der Waals surface area contributed by atoms with E-state index in [9.17, 15) is 0 Å². The molecule has 2 N–H and O–H groups in total.